The molecule has 3 atom stereocenters. The van der Waals surface area contributed by atoms with Gasteiger partial charge in [-0.3, -0.25) is 0 Å². The Morgan fingerprint density at radius 3 is 2.77 bits per heavy atom. The molecule has 0 radical (unpaired) electrons. The number of amides is 2. The normalized spacial score (nSPS) is 27.1. The van der Waals surface area contributed by atoms with Crippen LogP contribution in [0.3, 0.4) is 0 Å². The van der Waals surface area contributed by atoms with Gasteiger partial charge in [0.25, 0.3) is 0 Å². The second kappa shape index (κ2) is 6.02. The first kappa shape index (κ1) is 16.9. The van der Waals surface area contributed by atoms with Gasteiger partial charge in [0.2, 0.25) is 0 Å². The first-order chi connectivity index (χ1) is 12.4. The van der Waals surface area contributed by atoms with E-state index in [9.17, 15) is 14.3 Å². The molecule has 6 nitrogen and oxygen atoms in total. The zero-order chi connectivity index (χ0) is 18.5. The Hall–Kier alpha value is -2.54. The third kappa shape index (κ3) is 2.46. The maximum absolute atomic E-state index is 13.2. The van der Waals surface area contributed by atoms with Gasteiger partial charge in [0.1, 0.15) is 0 Å². The average molecular weight is 356 g/mol. The number of aliphatic hydroxyl groups is 1. The van der Waals surface area contributed by atoms with E-state index < -0.39 is 17.4 Å². The van der Waals surface area contributed by atoms with Gasteiger partial charge < -0.3 is 15.7 Å². The lowest BCUT2D eigenvalue weighted by Gasteiger charge is -2.63. The number of benzene rings is 1. The Morgan fingerprint density at radius 2 is 2.12 bits per heavy atom. The highest BCUT2D eigenvalue weighted by atomic mass is 19.1. The van der Waals surface area contributed by atoms with E-state index in [0.29, 0.717) is 22.9 Å². The summed E-state index contributed by atoms with van der Waals surface area (Å²) in [6.45, 7) is 2.01. The van der Waals surface area contributed by atoms with E-state index in [1.165, 1.54) is 0 Å². The fraction of sp³-hybridized carbons (Fsp3) is 0.421. The van der Waals surface area contributed by atoms with Gasteiger partial charge >= 0.3 is 6.03 Å². The van der Waals surface area contributed by atoms with Gasteiger partial charge in [-0.25, -0.2) is 19.2 Å². The lowest BCUT2D eigenvalue weighted by molar-refractivity contribution is -0.0963. The van der Waals surface area contributed by atoms with Crippen molar-refractivity contribution in [3.05, 3.63) is 47.5 Å². The third-order valence-electron chi connectivity index (χ3n) is 5.68. The van der Waals surface area contributed by atoms with Crippen molar-refractivity contribution in [2.45, 2.75) is 44.4 Å². The maximum Gasteiger partial charge on any atom is 0.315 e. The summed E-state index contributed by atoms with van der Waals surface area (Å²) in [5.41, 5.74) is 7.50. The van der Waals surface area contributed by atoms with Crippen LogP contribution in [0.25, 0.3) is 11.4 Å². The summed E-state index contributed by atoms with van der Waals surface area (Å²) in [5.74, 6) is 0.323. The van der Waals surface area contributed by atoms with E-state index in [1.54, 1.807) is 4.90 Å². The Kier molecular flexibility index (Phi) is 3.91. The van der Waals surface area contributed by atoms with Gasteiger partial charge in [0, 0.05) is 11.6 Å². The van der Waals surface area contributed by atoms with Gasteiger partial charge in [-0.2, -0.15) is 0 Å². The molecule has 3 N–H and O–H groups in total. The molecule has 136 valence electrons. The summed E-state index contributed by atoms with van der Waals surface area (Å²) < 4.78 is 13.2. The quantitative estimate of drug-likeness (QED) is 0.884. The fourth-order valence-corrected chi connectivity index (χ4v) is 4.74. The number of aliphatic hydroxyl groups excluding tert-OH is 1. The van der Waals surface area contributed by atoms with Gasteiger partial charge in [0.15, 0.2) is 11.6 Å². The van der Waals surface area contributed by atoms with Crippen LogP contribution >= 0.6 is 0 Å². The topological polar surface area (TPSA) is 92.3 Å². The van der Waals surface area contributed by atoms with Crippen molar-refractivity contribution in [3.8, 4) is 11.4 Å². The molecular formula is C19H21FN4O2. The number of rotatable bonds is 3. The Labute approximate surface area is 150 Å². The van der Waals surface area contributed by atoms with Crippen LogP contribution in [0.15, 0.2) is 30.6 Å². The summed E-state index contributed by atoms with van der Waals surface area (Å²) in [7, 11) is 0. The number of nitrogens with two attached hydrogens (primary N) is 1. The summed E-state index contributed by atoms with van der Waals surface area (Å²) >= 11 is 0. The van der Waals surface area contributed by atoms with Crippen LogP contribution in [-0.2, 0) is 12.1 Å². The second-order valence-corrected chi connectivity index (χ2v) is 7.40. The molecular weight excluding hydrogens is 335 g/mol. The standard InChI is InChI=1S/C19H21FN4O2/c1-11-4-15-7-19(6-11,24(15)18(21)26)13-3-2-12(10-25)16(5-13)17-22-8-14(20)9-23-17/h2-3,5,8-9,11,15,25H,4,6-7,10H2,1H3,(H2,21,26). The van der Waals surface area contributed by atoms with Crippen molar-refractivity contribution in [3.63, 3.8) is 0 Å². The van der Waals surface area contributed by atoms with Crippen molar-refractivity contribution in [1.82, 2.24) is 14.9 Å². The predicted molar refractivity (Wildman–Crippen MR) is 93.3 cm³/mol. The molecule has 1 saturated carbocycles. The molecule has 5 rings (SSSR count). The van der Waals surface area contributed by atoms with Gasteiger partial charge in [-0.1, -0.05) is 19.1 Å². The number of hydrogen-bond acceptors (Lipinski definition) is 4. The summed E-state index contributed by atoms with van der Waals surface area (Å²) in [4.78, 5) is 21.9. The van der Waals surface area contributed by atoms with E-state index in [1.807, 2.05) is 18.2 Å². The summed E-state index contributed by atoms with van der Waals surface area (Å²) in [6.07, 6.45) is 4.89. The molecule has 2 aliphatic heterocycles. The lowest BCUT2D eigenvalue weighted by Crippen LogP contribution is -2.70. The number of nitrogens with zero attached hydrogens (tertiary/aromatic N) is 3. The van der Waals surface area contributed by atoms with Crippen LogP contribution in [-0.4, -0.2) is 32.0 Å². The van der Waals surface area contributed by atoms with E-state index in [4.69, 9.17) is 5.73 Å². The first-order valence-corrected chi connectivity index (χ1v) is 8.75. The Morgan fingerprint density at radius 1 is 1.38 bits per heavy atom. The number of hydrogen-bond donors (Lipinski definition) is 2. The highest BCUT2D eigenvalue weighted by Crippen LogP contribution is 2.56. The smallest absolute Gasteiger partial charge is 0.315 e. The van der Waals surface area contributed by atoms with E-state index in [-0.39, 0.29) is 12.6 Å². The number of halogens is 1. The lowest BCUT2D eigenvalue weighted by atomic mass is 9.61. The van der Waals surface area contributed by atoms with Crippen LogP contribution in [0.5, 0.6) is 0 Å². The minimum absolute atomic E-state index is 0.179. The highest BCUT2D eigenvalue weighted by molar-refractivity contribution is 5.76. The third-order valence-corrected chi connectivity index (χ3v) is 5.68. The molecule has 3 heterocycles. The van der Waals surface area contributed by atoms with Crippen LogP contribution in [0.1, 0.15) is 37.3 Å². The molecule has 1 aromatic carbocycles. The van der Waals surface area contributed by atoms with Gasteiger partial charge in [-0.05, 0) is 42.4 Å². The molecule has 1 aromatic heterocycles. The molecule has 26 heavy (non-hydrogen) atoms. The molecule has 0 spiro atoms. The summed E-state index contributed by atoms with van der Waals surface area (Å²) in [6, 6.07) is 5.43. The van der Waals surface area contributed by atoms with E-state index >= 15 is 0 Å². The molecule has 7 heteroatoms. The van der Waals surface area contributed by atoms with Crippen molar-refractivity contribution >= 4 is 6.03 Å². The molecule has 3 aliphatic rings. The van der Waals surface area contributed by atoms with Crippen LogP contribution in [0, 0.1) is 11.7 Å². The molecule has 1 aliphatic carbocycles. The minimum Gasteiger partial charge on any atom is -0.392 e. The zero-order valence-electron chi connectivity index (χ0n) is 14.5. The number of carbonyl (C=O) groups is 1. The Bertz CT molecular complexity index is 857. The number of carbonyl (C=O) groups excluding carboxylic acids is 1. The zero-order valence-corrected chi connectivity index (χ0v) is 14.5. The number of primary amides is 1. The SMILES string of the molecule is CC1CC2CC(c3ccc(CO)c(-c4ncc(F)cn4)c3)(C1)N2C(N)=O. The van der Waals surface area contributed by atoms with E-state index in [0.717, 1.165) is 37.2 Å². The predicted octanol–water partition coefficient (Wildman–Crippen LogP) is 2.55. The first-order valence-electron chi connectivity index (χ1n) is 8.75. The molecule has 3 fully saturated rings. The van der Waals surface area contributed by atoms with Crippen LogP contribution in [0.2, 0.25) is 0 Å². The maximum atomic E-state index is 13.2. The largest absolute Gasteiger partial charge is 0.392 e. The number of piperidine rings is 1. The van der Waals surface area contributed by atoms with Gasteiger partial charge in [0.05, 0.1) is 24.5 Å². The van der Waals surface area contributed by atoms with Crippen molar-refractivity contribution in [1.29, 1.82) is 0 Å². The number of urea groups is 1. The summed E-state index contributed by atoms with van der Waals surface area (Å²) in [5, 5.41) is 9.68. The average Bonchev–Trinajstić information content (AvgIpc) is 2.60. The number of fused-ring (bicyclic) bond motifs is 2. The van der Waals surface area contributed by atoms with Crippen molar-refractivity contribution < 1.29 is 14.3 Å². The molecule has 2 amide bonds. The van der Waals surface area contributed by atoms with Crippen molar-refractivity contribution in [2.24, 2.45) is 11.7 Å². The van der Waals surface area contributed by atoms with Crippen LogP contribution in [0.4, 0.5) is 9.18 Å². The van der Waals surface area contributed by atoms with E-state index in [2.05, 4.69) is 16.9 Å². The monoisotopic (exact) mass is 356 g/mol. The van der Waals surface area contributed by atoms with Crippen molar-refractivity contribution in [2.75, 3.05) is 0 Å². The highest BCUT2D eigenvalue weighted by Gasteiger charge is 2.58. The van der Waals surface area contributed by atoms with Gasteiger partial charge in [-0.15, -0.1) is 0 Å². The molecule has 2 saturated heterocycles. The number of aromatic nitrogens is 2. The second-order valence-electron chi connectivity index (χ2n) is 7.40. The van der Waals surface area contributed by atoms with Crippen LogP contribution < -0.4 is 5.73 Å². The molecule has 2 bridgehead atoms. The molecule has 2 aromatic rings. The fourth-order valence-electron chi connectivity index (χ4n) is 4.74. The minimum atomic E-state index is -0.517. The Balaban J connectivity index is 1.81. The molecule has 3 unspecified atom stereocenters.